The number of fused-ring (bicyclic) bond motifs is 5. The number of aliphatic hydroxyl groups excluding tert-OH is 11. The lowest BCUT2D eigenvalue weighted by Crippen LogP contribution is -2.74. The monoisotopic (exact) mass is 1090 g/mol. The molecule has 434 valence electrons. The van der Waals surface area contributed by atoms with Gasteiger partial charge in [0.1, 0.15) is 85.1 Å². The molecular formula is C55H83NO21. The van der Waals surface area contributed by atoms with Crippen LogP contribution >= 0.6 is 0 Å². The van der Waals surface area contributed by atoms with Crippen LogP contribution in [0.5, 0.6) is 0 Å². The summed E-state index contributed by atoms with van der Waals surface area (Å²) in [6.45, 7) is 10.5. The second-order valence-corrected chi connectivity index (χ2v) is 25.7. The van der Waals surface area contributed by atoms with Crippen LogP contribution in [0.1, 0.15) is 103 Å². The number of hydrogen-bond acceptors (Lipinski definition) is 22. The molecule has 1 spiro atoms. The number of esters is 1. The molecule has 5 aliphatic carbocycles. The van der Waals surface area contributed by atoms with Crippen LogP contribution in [0, 0.1) is 50.2 Å². The molecule has 22 heteroatoms. The SMILES string of the molecule is CNc1ccccc1C(=O)OC1CC2(C)C(O)CC3(C)C4(C)CCC5C(C)(CO)C(OC6OCC(OC7OC(CO)C(O)C(O)C7O)C(O)C6OC6OC(CO)C(O)C(O)C6O)CCC5(C)C4CC4OC43C2CC1(C)C=O. The van der Waals surface area contributed by atoms with Crippen molar-refractivity contribution in [3.63, 3.8) is 0 Å². The van der Waals surface area contributed by atoms with Crippen LogP contribution in [-0.2, 0) is 42.7 Å². The van der Waals surface area contributed by atoms with Crippen molar-refractivity contribution < 1.29 is 104 Å². The van der Waals surface area contributed by atoms with Gasteiger partial charge < -0.3 is 104 Å². The summed E-state index contributed by atoms with van der Waals surface area (Å²) in [6, 6.07) is 7.04. The van der Waals surface area contributed by atoms with Crippen molar-refractivity contribution in [1.29, 1.82) is 0 Å². The molecule has 0 bridgehead atoms. The van der Waals surface area contributed by atoms with Crippen molar-refractivity contribution in [3.05, 3.63) is 29.8 Å². The standard InChI is InChI=1S/C55H83NO21/c1-49(23-59)17-32-51(3,19-36(49)74-45(69)25-10-8-9-11-26(25)56-7)33(61)18-54(6)53(5)15-12-30-50(2,31(53)16-35-55(32,54)77-35)14-13-34(52(30,4)24-60)75-48-44(76-47-43(68)41(66)38(63)28(21-58)72-47)39(64)29(22-70-48)73-46-42(67)40(65)37(62)27(20-57)71-46/h8-11,23,27-44,46-48,56-58,60-68H,12-22,24H2,1-7H3. The van der Waals surface area contributed by atoms with Gasteiger partial charge in [-0.05, 0) is 93.1 Å². The van der Waals surface area contributed by atoms with E-state index in [2.05, 4.69) is 33.0 Å². The average molecular weight is 1090 g/mol. The Morgan fingerprint density at radius 2 is 1.34 bits per heavy atom. The number of benzene rings is 1. The molecule has 5 saturated carbocycles. The average Bonchev–Trinajstić information content (AvgIpc) is 4.08. The third-order valence-electron chi connectivity index (χ3n) is 22.1. The Morgan fingerprint density at radius 3 is 1.95 bits per heavy atom. The van der Waals surface area contributed by atoms with Gasteiger partial charge >= 0.3 is 5.97 Å². The molecule has 10 rings (SSSR count). The summed E-state index contributed by atoms with van der Waals surface area (Å²) in [7, 11) is 1.72. The number of rotatable bonds is 13. The van der Waals surface area contributed by atoms with Crippen LogP contribution in [0.3, 0.4) is 0 Å². The summed E-state index contributed by atoms with van der Waals surface area (Å²) >= 11 is 0. The number of aldehydes is 1. The fourth-order valence-corrected chi connectivity index (χ4v) is 17.2. The van der Waals surface area contributed by atoms with Crippen molar-refractivity contribution in [2.75, 3.05) is 38.8 Å². The zero-order chi connectivity index (χ0) is 55.7. The number of anilines is 1. The number of aliphatic hydroxyl groups is 11. The van der Waals surface area contributed by atoms with Gasteiger partial charge in [-0.2, -0.15) is 0 Å². The molecule has 4 aliphatic heterocycles. The van der Waals surface area contributed by atoms with Crippen LogP contribution in [-0.4, -0.2) is 218 Å². The lowest BCUT2D eigenvalue weighted by Gasteiger charge is -2.73. The second-order valence-electron chi connectivity index (χ2n) is 25.7. The van der Waals surface area contributed by atoms with Gasteiger partial charge in [0.25, 0.3) is 0 Å². The van der Waals surface area contributed by atoms with Crippen molar-refractivity contribution in [2.24, 2.45) is 50.2 Å². The van der Waals surface area contributed by atoms with Gasteiger partial charge in [0.15, 0.2) is 18.9 Å². The minimum absolute atomic E-state index is 0.0418. The molecule has 4 saturated heterocycles. The highest BCUT2D eigenvalue weighted by molar-refractivity contribution is 5.95. The quantitative estimate of drug-likeness (QED) is 0.0512. The number of carbonyl (C=O) groups excluding carboxylic acids is 2. The highest BCUT2D eigenvalue weighted by Crippen LogP contribution is 2.83. The summed E-state index contributed by atoms with van der Waals surface area (Å²) in [5.74, 6) is -0.900. The van der Waals surface area contributed by atoms with E-state index in [1.807, 2.05) is 19.9 Å². The Bertz CT molecular complexity index is 2330. The van der Waals surface area contributed by atoms with Crippen molar-refractivity contribution in [2.45, 2.75) is 209 Å². The minimum atomic E-state index is -1.89. The fourth-order valence-electron chi connectivity index (χ4n) is 17.2. The van der Waals surface area contributed by atoms with E-state index in [9.17, 15) is 65.8 Å². The van der Waals surface area contributed by atoms with E-state index in [-0.39, 0.29) is 36.9 Å². The Hall–Kier alpha value is -2.56. The summed E-state index contributed by atoms with van der Waals surface area (Å²) in [5.41, 5.74) is -3.87. The van der Waals surface area contributed by atoms with E-state index in [0.29, 0.717) is 56.2 Å². The molecule has 28 unspecified atom stereocenters. The van der Waals surface area contributed by atoms with Gasteiger partial charge in [0.05, 0.1) is 55.7 Å². The molecule has 22 nitrogen and oxygen atoms in total. The van der Waals surface area contributed by atoms with Crippen molar-refractivity contribution >= 4 is 17.9 Å². The molecule has 0 radical (unpaired) electrons. The minimum Gasteiger partial charge on any atom is -0.458 e. The molecule has 9 fully saturated rings. The number of epoxide rings is 1. The van der Waals surface area contributed by atoms with Crippen molar-refractivity contribution in [3.8, 4) is 0 Å². The van der Waals surface area contributed by atoms with Crippen LogP contribution in [0.15, 0.2) is 24.3 Å². The summed E-state index contributed by atoms with van der Waals surface area (Å²) in [6.07, 6.45) is -20.7. The largest absolute Gasteiger partial charge is 0.458 e. The molecule has 1 aromatic carbocycles. The van der Waals surface area contributed by atoms with Crippen molar-refractivity contribution in [1.82, 2.24) is 0 Å². The Balaban J connectivity index is 0.899. The van der Waals surface area contributed by atoms with Gasteiger partial charge in [0.2, 0.25) is 0 Å². The molecule has 12 N–H and O–H groups in total. The molecule has 0 amide bonds. The number of ether oxygens (including phenoxy) is 8. The molecule has 4 heterocycles. The van der Waals surface area contributed by atoms with Crippen LogP contribution < -0.4 is 5.32 Å². The van der Waals surface area contributed by atoms with Gasteiger partial charge in [-0.25, -0.2) is 4.79 Å². The van der Waals surface area contributed by atoms with E-state index in [1.165, 1.54) is 0 Å². The molecule has 9 aliphatic rings. The normalized spacial score (nSPS) is 54.1. The number of para-hydroxylation sites is 1. The van der Waals surface area contributed by atoms with E-state index < -0.39 is 168 Å². The molecule has 1 aromatic rings. The first kappa shape index (κ1) is 57.7. The van der Waals surface area contributed by atoms with Crippen LogP contribution in [0.25, 0.3) is 0 Å². The van der Waals surface area contributed by atoms with E-state index >= 15 is 0 Å². The molecular weight excluding hydrogens is 1010 g/mol. The Kier molecular flexibility index (Phi) is 15.3. The van der Waals surface area contributed by atoms with Crippen LogP contribution in [0.2, 0.25) is 0 Å². The van der Waals surface area contributed by atoms with Gasteiger partial charge in [-0.3, -0.25) is 0 Å². The second kappa shape index (κ2) is 20.4. The number of hydrogen-bond donors (Lipinski definition) is 12. The molecule has 77 heavy (non-hydrogen) atoms. The highest BCUT2D eigenvalue weighted by atomic mass is 16.8. The number of nitrogens with one attached hydrogen (secondary N) is 1. The zero-order valence-corrected chi connectivity index (χ0v) is 45.0. The van der Waals surface area contributed by atoms with Crippen LogP contribution in [0.4, 0.5) is 5.69 Å². The summed E-state index contributed by atoms with van der Waals surface area (Å²) in [4.78, 5) is 27.2. The Morgan fingerprint density at radius 1 is 0.701 bits per heavy atom. The Labute approximate surface area is 448 Å². The van der Waals surface area contributed by atoms with E-state index in [4.69, 9.17) is 37.9 Å². The molecule has 28 atom stereocenters. The highest BCUT2D eigenvalue weighted by Gasteiger charge is 2.86. The molecule has 0 aromatic heterocycles. The topological polar surface area (TPSA) is 346 Å². The van der Waals surface area contributed by atoms with E-state index in [0.717, 1.165) is 6.29 Å². The summed E-state index contributed by atoms with van der Waals surface area (Å²) < 4.78 is 50.0. The van der Waals surface area contributed by atoms with E-state index in [1.54, 1.807) is 25.2 Å². The first-order valence-corrected chi connectivity index (χ1v) is 27.6. The third kappa shape index (κ3) is 8.54. The third-order valence-corrected chi connectivity index (χ3v) is 22.1. The maximum Gasteiger partial charge on any atom is 0.340 e. The smallest absolute Gasteiger partial charge is 0.340 e. The predicted octanol–water partition coefficient (Wildman–Crippen LogP) is -0.509. The first-order chi connectivity index (χ1) is 36.3. The maximum absolute atomic E-state index is 13.8. The number of carbonyl (C=O) groups is 2. The lowest BCUT2D eigenvalue weighted by atomic mass is 9.31. The zero-order valence-electron chi connectivity index (χ0n) is 45.0. The van der Waals surface area contributed by atoms with Gasteiger partial charge in [-0.1, -0.05) is 46.8 Å². The first-order valence-electron chi connectivity index (χ1n) is 27.6. The van der Waals surface area contributed by atoms with Gasteiger partial charge in [-0.15, -0.1) is 0 Å². The van der Waals surface area contributed by atoms with Gasteiger partial charge in [0, 0.05) is 34.9 Å². The lowest BCUT2D eigenvalue weighted by molar-refractivity contribution is -0.383. The summed E-state index contributed by atoms with van der Waals surface area (Å²) in [5, 5.41) is 123. The maximum atomic E-state index is 13.8. The fraction of sp³-hybridized carbons (Fsp3) is 0.855. The predicted molar refractivity (Wildman–Crippen MR) is 266 cm³/mol.